The highest BCUT2D eigenvalue weighted by molar-refractivity contribution is 5.38. The predicted octanol–water partition coefficient (Wildman–Crippen LogP) is 1.93. The van der Waals surface area contributed by atoms with Crippen molar-refractivity contribution in [2.75, 3.05) is 0 Å². The Kier molecular flexibility index (Phi) is 3.23. The van der Waals surface area contributed by atoms with Gasteiger partial charge >= 0.3 is 0 Å². The molecule has 0 aliphatic rings. The van der Waals surface area contributed by atoms with Gasteiger partial charge in [-0.15, -0.1) is 0 Å². The fourth-order valence-electron chi connectivity index (χ4n) is 2.21. The van der Waals surface area contributed by atoms with Gasteiger partial charge in [0, 0.05) is 42.7 Å². The SMILES string of the molecule is Cc1cc2ncc(CNCc3c(C)noc3C)cn2n1. The van der Waals surface area contributed by atoms with E-state index in [9.17, 15) is 0 Å². The zero-order valence-corrected chi connectivity index (χ0v) is 11.8. The molecule has 0 aliphatic carbocycles. The van der Waals surface area contributed by atoms with Gasteiger partial charge in [-0.1, -0.05) is 5.16 Å². The van der Waals surface area contributed by atoms with E-state index in [1.54, 1.807) is 0 Å². The van der Waals surface area contributed by atoms with Crippen molar-refractivity contribution < 1.29 is 4.52 Å². The van der Waals surface area contributed by atoms with Gasteiger partial charge in [0.05, 0.1) is 11.4 Å². The molecular weight excluding hydrogens is 254 g/mol. The first-order valence-electron chi connectivity index (χ1n) is 6.57. The van der Waals surface area contributed by atoms with E-state index in [0.29, 0.717) is 0 Å². The van der Waals surface area contributed by atoms with E-state index in [-0.39, 0.29) is 0 Å². The molecule has 3 heterocycles. The molecule has 0 bridgehead atoms. The maximum Gasteiger partial charge on any atom is 0.155 e. The Bertz CT molecular complexity index is 724. The van der Waals surface area contributed by atoms with Crippen molar-refractivity contribution in [1.29, 1.82) is 0 Å². The normalized spacial score (nSPS) is 11.3. The van der Waals surface area contributed by atoms with Gasteiger partial charge in [-0.25, -0.2) is 9.50 Å². The summed E-state index contributed by atoms with van der Waals surface area (Å²) in [6, 6.07) is 1.96. The summed E-state index contributed by atoms with van der Waals surface area (Å²) in [5.74, 6) is 0.867. The summed E-state index contributed by atoms with van der Waals surface area (Å²) in [5.41, 5.74) is 4.99. The summed E-state index contributed by atoms with van der Waals surface area (Å²) >= 11 is 0. The minimum Gasteiger partial charge on any atom is -0.361 e. The second-order valence-electron chi connectivity index (χ2n) is 4.96. The second-order valence-corrected chi connectivity index (χ2v) is 4.96. The van der Waals surface area contributed by atoms with E-state index in [1.165, 1.54) is 0 Å². The van der Waals surface area contributed by atoms with Gasteiger partial charge in [-0.3, -0.25) is 0 Å². The predicted molar refractivity (Wildman–Crippen MR) is 74.2 cm³/mol. The smallest absolute Gasteiger partial charge is 0.155 e. The number of aryl methyl sites for hydroxylation is 3. The molecule has 6 heteroatoms. The number of hydrogen-bond donors (Lipinski definition) is 1. The standard InChI is InChI=1S/C14H17N5O/c1-9-4-14-16-6-12(8-19(14)17-9)5-15-7-13-10(2)18-20-11(13)3/h4,6,8,15H,5,7H2,1-3H3. The number of rotatable bonds is 4. The molecule has 6 nitrogen and oxygen atoms in total. The molecule has 3 rings (SSSR count). The van der Waals surface area contributed by atoms with Gasteiger partial charge in [0.1, 0.15) is 5.76 Å². The number of aromatic nitrogens is 4. The summed E-state index contributed by atoms with van der Waals surface area (Å²) in [6.07, 6.45) is 3.87. The van der Waals surface area contributed by atoms with Crippen molar-refractivity contribution in [1.82, 2.24) is 25.1 Å². The van der Waals surface area contributed by atoms with Crippen LogP contribution in [0.2, 0.25) is 0 Å². The van der Waals surface area contributed by atoms with Crippen molar-refractivity contribution in [3.8, 4) is 0 Å². The van der Waals surface area contributed by atoms with Crippen LogP contribution in [0.5, 0.6) is 0 Å². The molecule has 104 valence electrons. The van der Waals surface area contributed by atoms with Gasteiger partial charge in [0.25, 0.3) is 0 Å². The van der Waals surface area contributed by atoms with E-state index in [2.05, 4.69) is 20.6 Å². The van der Waals surface area contributed by atoms with Crippen molar-refractivity contribution in [2.45, 2.75) is 33.9 Å². The molecule has 0 unspecified atom stereocenters. The molecule has 0 atom stereocenters. The Morgan fingerprint density at radius 1 is 1.25 bits per heavy atom. The fourth-order valence-corrected chi connectivity index (χ4v) is 2.21. The lowest BCUT2D eigenvalue weighted by atomic mass is 10.2. The summed E-state index contributed by atoms with van der Waals surface area (Å²) in [6.45, 7) is 7.30. The van der Waals surface area contributed by atoms with Crippen molar-refractivity contribution in [3.63, 3.8) is 0 Å². The Balaban J connectivity index is 1.68. The van der Waals surface area contributed by atoms with Crippen LogP contribution in [-0.2, 0) is 13.1 Å². The van der Waals surface area contributed by atoms with Crippen LogP contribution in [0.3, 0.4) is 0 Å². The fraction of sp³-hybridized carbons (Fsp3) is 0.357. The third-order valence-corrected chi connectivity index (χ3v) is 3.30. The van der Waals surface area contributed by atoms with Crippen LogP contribution in [0.4, 0.5) is 0 Å². The van der Waals surface area contributed by atoms with E-state index < -0.39 is 0 Å². The van der Waals surface area contributed by atoms with E-state index in [4.69, 9.17) is 4.52 Å². The summed E-state index contributed by atoms with van der Waals surface area (Å²) < 4.78 is 6.95. The van der Waals surface area contributed by atoms with E-state index in [0.717, 1.165) is 47.0 Å². The van der Waals surface area contributed by atoms with Gasteiger partial charge in [0.15, 0.2) is 5.65 Å². The lowest BCUT2D eigenvalue weighted by molar-refractivity contribution is 0.392. The van der Waals surface area contributed by atoms with Crippen LogP contribution in [0.15, 0.2) is 23.0 Å². The molecule has 3 aromatic heterocycles. The zero-order valence-electron chi connectivity index (χ0n) is 11.8. The molecular formula is C14H17N5O. The first kappa shape index (κ1) is 12.8. The Labute approximate surface area is 116 Å². The average molecular weight is 271 g/mol. The maximum absolute atomic E-state index is 5.14. The average Bonchev–Trinajstić information content (AvgIpc) is 2.93. The van der Waals surface area contributed by atoms with Crippen LogP contribution in [0.1, 0.15) is 28.3 Å². The van der Waals surface area contributed by atoms with Crippen molar-refractivity contribution in [2.24, 2.45) is 0 Å². The highest BCUT2D eigenvalue weighted by Crippen LogP contribution is 2.12. The summed E-state index contributed by atoms with van der Waals surface area (Å²) in [5, 5.41) is 11.7. The molecule has 0 amide bonds. The quantitative estimate of drug-likeness (QED) is 0.785. The number of nitrogens with one attached hydrogen (secondary N) is 1. The van der Waals surface area contributed by atoms with Gasteiger partial charge in [-0.2, -0.15) is 5.10 Å². The molecule has 1 N–H and O–H groups in total. The zero-order chi connectivity index (χ0) is 14.1. The molecule has 0 fully saturated rings. The largest absolute Gasteiger partial charge is 0.361 e. The maximum atomic E-state index is 5.14. The Hall–Kier alpha value is -2.21. The topological polar surface area (TPSA) is 68.2 Å². The Morgan fingerprint density at radius 3 is 2.85 bits per heavy atom. The molecule has 0 radical (unpaired) electrons. The monoisotopic (exact) mass is 271 g/mol. The minimum absolute atomic E-state index is 0.728. The molecule has 3 aromatic rings. The molecule has 0 saturated heterocycles. The summed E-state index contributed by atoms with van der Waals surface area (Å²) in [4.78, 5) is 4.38. The molecule has 0 aliphatic heterocycles. The summed E-state index contributed by atoms with van der Waals surface area (Å²) in [7, 11) is 0. The lowest BCUT2D eigenvalue weighted by Gasteiger charge is -2.04. The number of hydrogen-bond acceptors (Lipinski definition) is 5. The second kappa shape index (κ2) is 5.05. The molecule has 0 aromatic carbocycles. The first-order valence-corrected chi connectivity index (χ1v) is 6.57. The molecule has 0 spiro atoms. The lowest BCUT2D eigenvalue weighted by Crippen LogP contribution is -2.14. The molecule has 20 heavy (non-hydrogen) atoms. The minimum atomic E-state index is 0.728. The van der Waals surface area contributed by atoms with E-state index in [1.807, 2.05) is 43.7 Å². The van der Waals surface area contributed by atoms with Gasteiger partial charge < -0.3 is 9.84 Å². The highest BCUT2D eigenvalue weighted by Gasteiger charge is 2.08. The van der Waals surface area contributed by atoms with Crippen LogP contribution >= 0.6 is 0 Å². The van der Waals surface area contributed by atoms with Gasteiger partial charge in [-0.05, 0) is 20.8 Å². The van der Waals surface area contributed by atoms with E-state index >= 15 is 0 Å². The van der Waals surface area contributed by atoms with Crippen molar-refractivity contribution in [3.05, 3.63) is 46.7 Å². The number of fused-ring (bicyclic) bond motifs is 1. The third kappa shape index (κ3) is 2.42. The highest BCUT2D eigenvalue weighted by atomic mass is 16.5. The van der Waals surface area contributed by atoms with Crippen molar-refractivity contribution >= 4 is 5.65 Å². The Morgan fingerprint density at radius 2 is 2.10 bits per heavy atom. The number of nitrogens with zero attached hydrogens (tertiary/aromatic N) is 4. The third-order valence-electron chi connectivity index (χ3n) is 3.30. The van der Waals surface area contributed by atoms with Crippen LogP contribution in [0.25, 0.3) is 5.65 Å². The van der Waals surface area contributed by atoms with Gasteiger partial charge in [0.2, 0.25) is 0 Å². The first-order chi connectivity index (χ1) is 9.63. The van der Waals surface area contributed by atoms with Crippen LogP contribution < -0.4 is 5.32 Å². The molecule has 0 saturated carbocycles. The van der Waals surface area contributed by atoms with Crippen LogP contribution in [0, 0.1) is 20.8 Å². The van der Waals surface area contributed by atoms with Crippen LogP contribution in [-0.4, -0.2) is 19.8 Å².